The van der Waals surface area contributed by atoms with Crippen LogP contribution in [0.3, 0.4) is 0 Å². The highest BCUT2D eigenvalue weighted by atomic mass is 32.2. The third-order valence-electron chi connectivity index (χ3n) is 2.94. The summed E-state index contributed by atoms with van der Waals surface area (Å²) in [6, 6.07) is 6.50. The van der Waals surface area contributed by atoms with Crippen LogP contribution in [0.4, 0.5) is 0 Å². The Labute approximate surface area is 107 Å². The summed E-state index contributed by atoms with van der Waals surface area (Å²) >= 11 is 0. The van der Waals surface area contributed by atoms with Gasteiger partial charge in [0.25, 0.3) is 0 Å². The van der Waals surface area contributed by atoms with Crippen molar-refractivity contribution in [3.8, 4) is 5.75 Å². The zero-order valence-corrected chi connectivity index (χ0v) is 11.1. The Morgan fingerprint density at radius 2 is 1.94 bits per heavy atom. The normalized spacial score (nSPS) is 23.4. The average Bonchev–Trinajstić information content (AvgIpc) is 2.28. The van der Waals surface area contributed by atoms with Gasteiger partial charge in [-0.15, -0.1) is 0 Å². The van der Waals surface area contributed by atoms with Crippen molar-refractivity contribution < 1.29 is 13.2 Å². The Morgan fingerprint density at radius 3 is 2.44 bits per heavy atom. The average molecular weight is 270 g/mol. The lowest BCUT2D eigenvalue weighted by molar-refractivity contribution is 0.327. The molecular weight excluding hydrogens is 252 g/mol. The Bertz CT molecular complexity index is 493. The molecule has 18 heavy (non-hydrogen) atoms. The van der Waals surface area contributed by atoms with Crippen LogP contribution in [0, 0.1) is 0 Å². The molecule has 0 aliphatic heterocycles. The van der Waals surface area contributed by atoms with Gasteiger partial charge in [-0.1, -0.05) is 0 Å². The van der Waals surface area contributed by atoms with Gasteiger partial charge in [-0.25, -0.2) is 13.1 Å². The minimum Gasteiger partial charge on any atom is -0.494 e. The molecule has 1 aliphatic carbocycles. The summed E-state index contributed by atoms with van der Waals surface area (Å²) in [4.78, 5) is 0.256. The van der Waals surface area contributed by atoms with Gasteiger partial charge in [-0.2, -0.15) is 0 Å². The first-order valence-corrected chi connectivity index (χ1v) is 7.50. The predicted octanol–water partition coefficient (Wildman–Crippen LogP) is 0.853. The van der Waals surface area contributed by atoms with Crippen molar-refractivity contribution in [1.82, 2.24) is 4.72 Å². The molecule has 0 heterocycles. The number of nitrogens with one attached hydrogen (secondary N) is 1. The highest BCUT2D eigenvalue weighted by Crippen LogP contribution is 2.21. The maximum absolute atomic E-state index is 12.0. The number of benzene rings is 1. The van der Waals surface area contributed by atoms with Crippen molar-refractivity contribution in [1.29, 1.82) is 0 Å². The number of sulfonamides is 1. The Balaban J connectivity index is 2.04. The monoisotopic (exact) mass is 270 g/mol. The van der Waals surface area contributed by atoms with E-state index in [0.29, 0.717) is 25.2 Å². The Hall–Kier alpha value is -1.11. The van der Waals surface area contributed by atoms with E-state index in [1.807, 2.05) is 6.92 Å². The molecule has 0 radical (unpaired) electrons. The number of hydrogen-bond donors (Lipinski definition) is 2. The second-order valence-corrected chi connectivity index (χ2v) is 6.17. The first-order valence-electron chi connectivity index (χ1n) is 6.02. The van der Waals surface area contributed by atoms with Gasteiger partial charge in [-0.3, -0.25) is 0 Å². The first-order chi connectivity index (χ1) is 8.51. The standard InChI is InChI=1S/C12H18N2O3S/c1-2-17-11-3-5-12(6-4-11)18(15,16)14-10-7-9(13)8-10/h3-6,9-10,14H,2,7-8,13H2,1H3. The Kier molecular flexibility index (Phi) is 3.89. The van der Waals surface area contributed by atoms with Gasteiger partial charge in [0.15, 0.2) is 0 Å². The summed E-state index contributed by atoms with van der Waals surface area (Å²) < 4.78 is 31.9. The second-order valence-electron chi connectivity index (χ2n) is 4.45. The third kappa shape index (κ3) is 3.01. The molecule has 1 aliphatic rings. The molecule has 0 bridgehead atoms. The minimum atomic E-state index is -3.44. The highest BCUT2D eigenvalue weighted by Gasteiger charge is 2.30. The van der Waals surface area contributed by atoms with Crippen LogP contribution in [0.1, 0.15) is 19.8 Å². The van der Waals surface area contributed by atoms with E-state index in [9.17, 15) is 8.42 Å². The lowest BCUT2D eigenvalue weighted by atomic mass is 9.89. The molecule has 0 spiro atoms. The molecule has 0 atom stereocenters. The molecule has 0 amide bonds. The number of ether oxygens (including phenoxy) is 1. The third-order valence-corrected chi connectivity index (χ3v) is 4.48. The zero-order valence-electron chi connectivity index (χ0n) is 10.3. The lowest BCUT2D eigenvalue weighted by Crippen LogP contribution is -2.50. The maximum Gasteiger partial charge on any atom is 0.240 e. The van der Waals surface area contributed by atoms with Crippen LogP contribution in [0.5, 0.6) is 5.75 Å². The smallest absolute Gasteiger partial charge is 0.240 e. The van der Waals surface area contributed by atoms with Crippen molar-refractivity contribution in [3.05, 3.63) is 24.3 Å². The van der Waals surface area contributed by atoms with Crippen LogP contribution in [0.15, 0.2) is 29.2 Å². The Morgan fingerprint density at radius 1 is 1.33 bits per heavy atom. The zero-order chi connectivity index (χ0) is 13.2. The fraction of sp³-hybridized carbons (Fsp3) is 0.500. The van der Waals surface area contributed by atoms with Crippen LogP contribution >= 0.6 is 0 Å². The summed E-state index contributed by atoms with van der Waals surface area (Å²) in [5, 5.41) is 0. The van der Waals surface area contributed by atoms with E-state index in [1.165, 1.54) is 0 Å². The number of hydrogen-bond acceptors (Lipinski definition) is 4. The molecule has 6 heteroatoms. The topological polar surface area (TPSA) is 81.4 Å². The summed E-state index contributed by atoms with van der Waals surface area (Å²) in [6.07, 6.45) is 1.41. The molecule has 2 rings (SSSR count). The van der Waals surface area contributed by atoms with E-state index in [2.05, 4.69) is 4.72 Å². The van der Waals surface area contributed by atoms with E-state index in [-0.39, 0.29) is 17.0 Å². The van der Waals surface area contributed by atoms with Gasteiger partial charge in [0.1, 0.15) is 5.75 Å². The van der Waals surface area contributed by atoms with Crippen molar-refractivity contribution in [3.63, 3.8) is 0 Å². The van der Waals surface area contributed by atoms with Crippen molar-refractivity contribution in [2.24, 2.45) is 5.73 Å². The van der Waals surface area contributed by atoms with E-state index < -0.39 is 10.0 Å². The number of rotatable bonds is 5. The molecule has 0 saturated heterocycles. The molecule has 1 fully saturated rings. The molecule has 0 unspecified atom stereocenters. The predicted molar refractivity (Wildman–Crippen MR) is 68.9 cm³/mol. The molecular formula is C12H18N2O3S. The molecule has 0 aromatic heterocycles. The molecule has 3 N–H and O–H groups in total. The van der Waals surface area contributed by atoms with Gasteiger partial charge in [0.05, 0.1) is 11.5 Å². The first kappa shape index (κ1) is 13.3. The van der Waals surface area contributed by atoms with Crippen molar-refractivity contribution in [2.45, 2.75) is 36.7 Å². The SMILES string of the molecule is CCOc1ccc(S(=O)(=O)NC2CC(N)C2)cc1. The fourth-order valence-corrected chi connectivity index (χ4v) is 3.19. The van der Waals surface area contributed by atoms with Crippen molar-refractivity contribution >= 4 is 10.0 Å². The van der Waals surface area contributed by atoms with Crippen LogP contribution in [-0.4, -0.2) is 27.1 Å². The molecule has 100 valence electrons. The molecule has 1 aromatic carbocycles. The van der Waals surface area contributed by atoms with E-state index >= 15 is 0 Å². The summed E-state index contributed by atoms with van der Waals surface area (Å²) in [5.74, 6) is 0.669. The van der Waals surface area contributed by atoms with Crippen LogP contribution in [0.25, 0.3) is 0 Å². The van der Waals surface area contributed by atoms with Crippen LogP contribution in [-0.2, 0) is 10.0 Å². The maximum atomic E-state index is 12.0. The minimum absolute atomic E-state index is 0.0310. The quantitative estimate of drug-likeness (QED) is 0.831. The highest BCUT2D eigenvalue weighted by molar-refractivity contribution is 7.89. The van der Waals surface area contributed by atoms with E-state index in [4.69, 9.17) is 10.5 Å². The van der Waals surface area contributed by atoms with Gasteiger partial charge < -0.3 is 10.5 Å². The van der Waals surface area contributed by atoms with Crippen molar-refractivity contribution in [2.75, 3.05) is 6.61 Å². The van der Waals surface area contributed by atoms with Crippen LogP contribution in [0.2, 0.25) is 0 Å². The van der Waals surface area contributed by atoms with Gasteiger partial charge in [-0.05, 0) is 44.0 Å². The number of nitrogens with two attached hydrogens (primary N) is 1. The molecule has 5 nitrogen and oxygen atoms in total. The van der Waals surface area contributed by atoms with Gasteiger partial charge in [0.2, 0.25) is 10.0 Å². The summed E-state index contributed by atoms with van der Waals surface area (Å²) in [7, 11) is -3.44. The summed E-state index contributed by atoms with van der Waals surface area (Å²) in [6.45, 7) is 2.44. The summed E-state index contributed by atoms with van der Waals surface area (Å²) in [5.41, 5.74) is 5.63. The lowest BCUT2D eigenvalue weighted by Gasteiger charge is -2.32. The van der Waals surface area contributed by atoms with Gasteiger partial charge >= 0.3 is 0 Å². The molecule has 1 aromatic rings. The second kappa shape index (κ2) is 5.26. The molecule has 1 saturated carbocycles. The van der Waals surface area contributed by atoms with E-state index in [1.54, 1.807) is 24.3 Å². The van der Waals surface area contributed by atoms with Crippen LogP contribution < -0.4 is 15.2 Å². The van der Waals surface area contributed by atoms with E-state index in [0.717, 1.165) is 0 Å². The fourth-order valence-electron chi connectivity index (χ4n) is 1.93. The van der Waals surface area contributed by atoms with Gasteiger partial charge in [0, 0.05) is 12.1 Å². The largest absolute Gasteiger partial charge is 0.494 e.